The van der Waals surface area contributed by atoms with Crippen LogP contribution in [0, 0.1) is 5.41 Å². The van der Waals surface area contributed by atoms with Gasteiger partial charge in [-0.3, -0.25) is 4.79 Å². The first kappa shape index (κ1) is 13.0. The van der Waals surface area contributed by atoms with Crippen molar-refractivity contribution in [3.05, 3.63) is 0 Å². The highest BCUT2D eigenvalue weighted by Crippen LogP contribution is 2.25. The van der Waals surface area contributed by atoms with Gasteiger partial charge in [-0.1, -0.05) is 36.7 Å². The van der Waals surface area contributed by atoms with E-state index in [2.05, 4.69) is 21.2 Å². The van der Waals surface area contributed by atoms with Crippen molar-refractivity contribution >= 4 is 21.8 Å². The average Bonchev–Trinajstić information content (AvgIpc) is 2.18. The lowest BCUT2D eigenvalue weighted by Crippen LogP contribution is -2.55. The summed E-state index contributed by atoms with van der Waals surface area (Å²) < 4.78 is 5.32. The second-order valence-electron chi connectivity index (χ2n) is 5.23. The van der Waals surface area contributed by atoms with Crippen LogP contribution in [0.4, 0.5) is 0 Å². The molecule has 0 radical (unpaired) electrons. The third kappa shape index (κ3) is 3.45. The number of carbonyl (C=O) groups excluding carboxylic acids is 1. The minimum Gasteiger partial charge on any atom is -0.381 e. The molecule has 1 rings (SSSR count). The van der Waals surface area contributed by atoms with Gasteiger partial charge in [0, 0.05) is 24.0 Å². The predicted octanol–water partition coefficient (Wildman–Crippen LogP) is 2.09. The Morgan fingerprint density at radius 2 is 1.93 bits per heavy atom. The van der Waals surface area contributed by atoms with Gasteiger partial charge >= 0.3 is 0 Å². The van der Waals surface area contributed by atoms with Crippen LogP contribution in [0.1, 0.15) is 33.6 Å². The Labute approximate surface area is 100 Å². The van der Waals surface area contributed by atoms with Crippen molar-refractivity contribution in [1.82, 2.24) is 5.32 Å². The molecule has 0 aromatic heterocycles. The van der Waals surface area contributed by atoms with Crippen LogP contribution in [0.2, 0.25) is 0 Å². The Morgan fingerprint density at radius 3 is 2.33 bits per heavy atom. The van der Waals surface area contributed by atoms with Crippen molar-refractivity contribution in [3.8, 4) is 0 Å². The van der Waals surface area contributed by atoms with Crippen LogP contribution in [-0.2, 0) is 9.53 Å². The monoisotopic (exact) mass is 277 g/mol. The molecule has 15 heavy (non-hydrogen) atoms. The first-order valence-corrected chi connectivity index (χ1v) is 6.48. The van der Waals surface area contributed by atoms with Crippen molar-refractivity contribution in [2.24, 2.45) is 5.41 Å². The molecule has 1 fully saturated rings. The van der Waals surface area contributed by atoms with Crippen LogP contribution in [-0.4, -0.2) is 30.0 Å². The molecule has 3 nitrogen and oxygen atoms in total. The van der Waals surface area contributed by atoms with Gasteiger partial charge in [0.1, 0.15) is 0 Å². The van der Waals surface area contributed by atoms with Crippen LogP contribution in [0.5, 0.6) is 0 Å². The first-order valence-electron chi connectivity index (χ1n) is 5.36. The number of carbonyl (C=O) groups is 1. The standard InChI is InChI=1S/C11H20BrNO2/c1-10(2,3)9(14)13-11(8-12)4-6-15-7-5-11/h4-8H2,1-3H3,(H,13,14). The zero-order valence-electron chi connectivity index (χ0n) is 9.73. The van der Waals surface area contributed by atoms with Gasteiger partial charge in [-0.25, -0.2) is 0 Å². The van der Waals surface area contributed by atoms with Crippen LogP contribution < -0.4 is 5.32 Å². The van der Waals surface area contributed by atoms with Crippen LogP contribution in [0.25, 0.3) is 0 Å². The van der Waals surface area contributed by atoms with Gasteiger partial charge in [-0.2, -0.15) is 0 Å². The number of rotatable bonds is 2. The highest BCUT2D eigenvalue weighted by atomic mass is 79.9. The molecule has 1 heterocycles. The van der Waals surface area contributed by atoms with Gasteiger partial charge in [0.2, 0.25) is 5.91 Å². The summed E-state index contributed by atoms with van der Waals surface area (Å²) in [6, 6.07) is 0. The smallest absolute Gasteiger partial charge is 0.225 e. The Bertz CT molecular complexity index is 229. The lowest BCUT2D eigenvalue weighted by molar-refractivity contribution is -0.131. The zero-order chi connectivity index (χ0) is 11.5. The molecule has 0 aromatic carbocycles. The molecule has 1 saturated heterocycles. The Balaban J connectivity index is 2.63. The normalized spacial score (nSPS) is 21.1. The van der Waals surface area contributed by atoms with Gasteiger partial charge in [-0.15, -0.1) is 0 Å². The number of halogens is 1. The van der Waals surface area contributed by atoms with Gasteiger partial charge in [0.05, 0.1) is 5.54 Å². The molecule has 0 aliphatic carbocycles. The first-order chi connectivity index (χ1) is 6.90. The highest BCUT2D eigenvalue weighted by Gasteiger charge is 2.35. The number of hydrogen-bond acceptors (Lipinski definition) is 2. The van der Waals surface area contributed by atoms with E-state index in [4.69, 9.17) is 4.74 Å². The van der Waals surface area contributed by atoms with Gasteiger partial charge in [0.25, 0.3) is 0 Å². The van der Waals surface area contributed by atoms with E-state index in [9.17, 15) is 4.79 Å². The molecular formula is C11H20BrNO2. The minimum absolute atomic E-state index is 0.109. The van der Waals surface area contributed by atoms with E-state index < -0.39 is 0 Å². The summed E-state index contributed by atoms with van der Waals surface area (Å²) in [5, 5.41) is 3.95. The van der Waals surface area contributed by atoms with Gasteiger partial charge in [0.15, 0.2) is 0 Å². The Kier molecular flexibility index (Phi) is 4.18. The zero-order valence-corrected chi connectivity index (χ0v) is 11.3. The maximum Gasteiger partial charge on any atom is 0.225 e. The quantitative estimate of drug-likeness (QED) is 0.785. The molecule has 0 atom stereocenters. The fourth-order valence-corrected chi connectivity index (χ4v) is 2.18. The summed E-state index contributed by atoms with van der Waals surface area (Å²) in [7, 11) is 0. The Morgan fingerprint density at radius 1 is 1.40 bits per heavy atom. The van der Waals surface area contributed by atoms with E-state index in [-0.39, 0.29) is 16.9 Å². The Hall–Kier alpha value is -0.0900. The summed E-state index contributed by atoms with van der Waals surface area (Å²) >= 11 is 3.49. The van der Waals surface area contributed by atoms with E-state index in [1.165, 1.54) is 0 Å². The molecule has 1 aliphatic heterocycles. The van der Waals surface area contributed by atoms with E-state index in [1.807, 2.05) is 20.8 Å². The van der Waals surface area contributed by atoms with E-state index in [1.54, 1.807) is 0 Å². The fourth-order valence-electron chi connectivity index (χ4n) is 1.48. The van der Waals surface area contributed by atoms with Crippen molar-refractivity contribution in [1.29, 1.82) is 0 Å². The number of amides is 1. The molecule has 88 valence electrons. The molecule has 0 unspecified atom stereocenters. The topological polar surface area (TPSA) is 38.3 Å². The molecule has 4 heteroatoms. The molecule has 0 aromatic rings. The molecular weight excluding hydrogens is 258 g/mol. The van der Waals surface area contributed by atoms with Gasteiger partial charge < -0.3 is 10.1 Å². The SMILES string of the molecule is CC(C)(C)C(=O)NC1(CBr)CCOCC1. The highest BCUT2D eigenvalue weighted by molar-refractivity contribution is 9.09. The maximum atomic E-state index is 11.9. The maximum absolute atomic E-state index is 11.9. The molecule has 0 spiro atoms. The summed E-state index contributed by atoms with van der Waals surface area (Å²) in [6.07, 6.45) is 1.78. The largest absolute Gasteiger partial charge is 0.381 e. The summed E-state index contributed by atoms with van der Waals surface area (Å²) in [5.74, 6) is 0.115. The fraction of sp³-hybridized carbons (Fsp3) is 0.909. The van der Waals surface area contributed by atoms with E-state index in [0.717, 1.165) is 31.4 Å². The van der Waals surface area contributed by atoms with Crippen molar-refractivity contribution in [3.63, 3.8) is 0 Å². The van der Waals surface area contributed by atoms with Crippen molar-refractivity contribution < 1.29 is 9.53 Å². The summed E-state index contributed by atoms with van der Waals surface area (Å²) in [6.45, 7) is 7.27. The minimum atomic E-state index is -0.326. The predicted molar refractivity (Wildman–Crippen MR) is 64.2 cm³/mol. The van der Waals surface area contributed by atoms with E-state index >= 15 is 0 Å². The molecule has 0 saturated carbocycles. The molecule has 1 amide bonds. The second kappa shape index (κ2) is 4.83. The molecule has 1 N–H and O–H groups in total. The molecule has 1 aliphatic rings. The van der Waals surface area contributed by atoms with Crippen LogP contribution >= 0.6 is 15.9 Å². The average molecular weight is 278 g/mol. The number of alkyl halides is 1. The van der Waals surface area contributed by atoms with Crippen LogP contribution in [0.15, 0.2) is 0 Å². The van der Waals surface area contributed by atoms with Crippen LogP contribution in [0.3, 0.4) is 0 Å². The van der Waals surface area contributed by atoms with Crippen molar-refractivity contribution in [2.75, 3.05) is 18.5 Å². The third-order valence-corrected chi connectivity index (χ3v) is 3.84. The van der Waals surface area contributed by atoms with Crippen molar-refractivity contribution in [2.45, 2.75) is 39.2 Å². The summed E-state index contributed by atoms with van der Waals surface area (Å²) in [4.78, 5) is 11.9. The number of hydrogen-bond donors (Lipinski definition) is 1. The number of ether oxygens (including phenoxy) is 1. The lowest BCUT2D eigenvalue weighted by Gasteiger charge is -2.38. The lowest BCUT2D eigenvalue weighted by atomic mass is 9.88. The second-order valence-corrected chi connectivity index (χ2v) is 5.79. The van der Waals surface area contributed by atoms with Gasteiger partial charge in [-0.05, 0) is 12.8 Å². The number of nitrogens with one attached hydrogen (secondary N) is 1. The summed E-state index contributed by atoms with van der Waals surface area (Å²) in [5.41, 5.74) is -0.434. The van der Waals surface area contributed by atoms with E-state index in [0.29, 0.717) is 0 Å². The molecule has 0 bridgehead atoms. The third-order valence-electron chi connectivity index (χ3n) is 2.77.